The van der Waals surface area contributed by atoms with Crippen molar-refractivity contribution in [2.75, 3.05) is 20.8 Å². The molecule has 2 unspecified atom stereocenters. The zero-order valence-electron chi connectivity index (χ0n) is 11.3. The molecule has 1 aliphatic heterocycles. The van der Waals surface area contributed by atoms with Crippen LogP contribution < -0.4 is 9.22 Å². The highest BCUT2D eigenvalue weighted by Crippen LogP contribution is 2.39. The molecule has 0 radical (unpaired) electrons. The van der Waals surface area contributed by atoms with Gasteiger partial charge < -0.3 is 9.47 Å². The Morgan fingerprint density at radius 1 is 1.68 bits per heavy atom. The van der Waals surface area contributed by atoms with E-state index in [1.165, 1.54) is 13.3 Å². The highest BCUT2D eigenvalue weighted by molar-refractivity contribution is 5.87. The van der Waals surface area contributed by atoms with Crippen molar-refractivity contribution in [3.63, 3.8) is 0 Å². The van der Waals surface area contributed by atoms with Crippen LogP contribution in [0.25, 0.3) is 0 Å². The Labute approximate surface area is 111 Å². The Morgan fingerprint density at radius 2 is 2.42 bits per heavy atom. The van der Waals surface area contributed by atoms with E-state index in [0.29, 0.717) is 24.3 Å². The van der Waals surface area contributed by atoms with Gasteiger partial charge in [0.15, 0.2) is 17.7 Å². The lowest BCUT2D eigenvalue weighted by Gasteiger charge is -2.40. The van der Waals surface area contributed by atoms with Crippen LogP contribution in [-0.2, 0) is 4.74 Å². The number of likely N-dealkylation sites (N-methyl/N-ethyl adjacent to an activating group) is 1. The lowest BCUT2D eigenvalue weighted by Crippen LogP contribution is -2.61. The van der Waals surface area contributed by atoms with E-state index in [1.54, 1.807) is 13.1 Å². The van der Waals surface area contributed by atoms with Gasteiger partial charge >= 0.3 is 6.09 Å². The summed E-state index contributed by atoms with van der Waals surface area (Å²) >= 11 is 0. The molecule has 0 saturated carbocycles. The lowest BCUT2D eigenvalue weighted by molar-refractivity contribution is 0.0876. The van der Waals surface area contributed by atoms with Crippen LogP contribution in [0, 0.1) is 0 Å². The first-order valence-electron chi connectivity index (χ1n) is 6.11. The van der Waals surface area contributed by atoms with Gasteiger partial charge in [-0.2, -0.15) is 9.28 Å². The summed E-state index contributed by atoms with van der Waals surface area (Å²) in [5.41, 5.74) is 0.884. The standard InChI is InChI=1S/C13H17N2O4/c1-4-10-8-19-12-6-14-9(7-16)5-11(12)15(10,2)13(17)18-3/h5-7,10H,4,8H2,1-3H3/q+1. The summed E-state index contributed by atoms with van der Waals surface area (Å²) in [6, 6.07) is 1.53. The molecule has 6 heteroatoms. The van der Waals surface area contributed by atoms with Gasteiger partial charge in [0.25, 0.3) is 0 Å². The molecule has 0 saturated heterocycles. The highest BCUT2D eigenvalue weighted by Gasteiger charge is 2.48. The second-order valence-corrected chi connectivity index (χ2v) is 4.61. The molecule has 19 heavy (non-hydrogen) atoms. The van der Waals surface area contributed by atoms with Crippen molar-refractivity contribution in [1.82, 2.24) is 9.47 Å². The molecule has 1 aromatic heterocycles. The summed E-state index contributed by atoms with van der Waals surface area (Å²) in [6.07, 6.45) is 2.51. The van der Waals surface area contributed by atoms with Crippen LogP contribution in [0.15, 0.2) is 12.3 Å². The number of aldehydes is 1. The smallest absolute Gasteiger partial charge is 0.480 e. The molecule has 1 aliphatic rings. The molecule has 0 fully saturated rings. The zero-order chi connectivity index (χ0) is 14.0. The van der Waals surface area contributed by atoms with Crippen molar-refractivity contribution >= 4 is 18.1 Å². The molecule has 102 valence electrons. The monoisotopic (exact) mass is 265 g/mol. The van der Waals surface area contributed by atoms with Crippen molar-refractivity contribution in [2.24, 2.45) is 0 Å². The SMILES string of the molecule is CCC1COc2cnc(C=O)cc2[N+]1(C)C(=O)OC. The van der Waals surface area contributed by atoms with Crippen LogP contribution in [-0.4, -0.2) is 44.2 Å². The molecule has 0 aromatic carbocycles. The van der Waals surface area contributed by atoms with Crippen LogP contribution in [0.1, 0.15) is 23.8 Å². The second-order valence-electron chi connectivity index (χ2n) is 4.61. The van der Waals surface area contributed by atoms with Crippen LogP contribution in [0.3, 0.4) is 0 Å². The van der Waals surface area contributed by atoms with Crippen LogP contribution in [0.2, 0.25) is 0 Å². The van der Waals surface area contributed by atoms with E-state index < -0.39 is 0 Å². The van der Waals surface area contributed by atoms with Gasteiger partial charge in [-0.15, -0.1) is 0 Å². The average molecular weight is 265 g/mol. The summed E-state index contributed by atoms with van der Waals surface area (Å²) in [5, 5.41) is 0. The quantitative estimate of drug-likeness (QED) is 0.602. The molecular weight excluding hydrogens is 248 g/mol. The zero-order valence-corrected chi connectivity index (χ0v) is 11.3. The second kappa shape index (κ2) is 4.97. The first-order valence-corrected chi connectivity index (χ1v) is 6.11. The fourth-order valence-electron chi connectivity index (χ4n) is 2.44. The molecule has 0 N–H and O–H groups in total. The molecule has 1 aromatic rings. The van der Waals surface area contributed by atoms with Gasteiger partial charge in [0.1, 0.15) is 18.3 Å². The summed E-state index contributed by atoms with van der Waals surface area (Å²) in [4.78, 5) is 27.0. The maximum Gasteiger partial charge on any atom is 0.521 e. The summed E-state index contributed by atoms with van der Waals surface area (Å²) in [5.74, 6) is 0.517. The minimum atomic E-state index is -0.376. The number of fused-ring (bicyclic) bond motifs is 1. The number of pyridine rings is 1. The van der Waals surface area contributed by atoms with E-state index in [4.69, 9.17) is 9.47 Å². The minimum absolute atomic E-state index is 0.0360. The van der Waals surface area contributed by atoms with Gasteiger partial charge in [-0.1, -0.05) is 6.92 Å². The highest BCUT2D eigenvalue weighted by atomic mass is 16.6. The molecule has 0 aliphatic carbocycles. The Hall–Kier alpha value is -1.95. The largest absolute Gasteiger partial charge is 0.521 e. The number of nitrogens with zero attached hydrogens (tertiary/aromatic N) is 2. The first kappa shape index (κ1) is 13.5. The normalized spacial score (nSPS) is 25.1. The Morgan fingerprint density at radius 3 is 3.00 bits per heavy atom. The molecule has 0 spiro atoms. The number of quaternary nitrogens is 1. The molecule has 0 bridgehead atoms. The van der Waals surface area contributed by atoms with Gasteiger partial charge in [0, 0.05) is 12.5 Å². The molecule has 2 heterocycles. The van der Waals surface area contributed by atoms with E-state index in [-0.39, 0.29) is 22.3 Å². The third kappa shape index (κ3) is 1.98. The topological polar surface area (TPSA) is 65.5 Å². The number of aromatic nitrogens is 1. The van der Waals surface area contributed by atoms with E-state index in [0.717, 1.165) is 6.42 Å². The maximum atomic E-state index is 12.2. The average Bonchev–Trinajstić information content (AvgIpc) is 2.46. The fourth-order valence-corrected chi connectivity index (χ4v) is 2.44. The van der Waals surface area contributed by atoms with Crippen molar-refractivity contribution in [3.05, 3.63) is 18.0 Å². The van der Waals surface area contributed by atoms with E-state index in [1.807, 2.05) is 6.92 Å². The number of rotatable bonds is 2. The summed E-state index contributed by atoms with van der Waals surface area (Å²) in [7, 11) is 3.13. The maximum absolute atomic E-state index is 12.2. The van der Waals surface area contributed by atoms with Gasteiger partial charge in [-0.05, 0) is 0 Å². The van der Waals surface area contributed by atoms with Crippen molar-refractivity contribution in [2.45, 2.75) is 19.4 Å². The molecule has 6 nitrogen and oxygen atoms in total. The van der Waals surface area contributed by atoms with Crippen molar-refractivity contribution < 1.29 is 19.1 Å². The first-order chi connectivity index (χ1) is 9.07. The van der Waals surface area contributed by atoms with E-state index in [2.05, 4.69) is 4.98 Å². The van der Waals surface area contributed by atoms with Gasteiger partial charge in [-0.25, -0.2) is 4.98 Å². The number of amides is 1. The predicted molar refractivity (Wildman–Crippen MR) is 69.3 cm³/mol. The number of carbonyl (C=O) groups excluding carboxylic acids is 2. The summed E-state index contributed by atoms with van der Waals surface area (Å²) < 4.78 is 10.5. The van der Waals surface area contributed by atoms with E-state index >= 15 is 0 Å². The van der Waals surface area contributed by atoms with Gasteiger partial charge in [0.2, 0.25) is 0 Å². The molecular formula is C13H17N2O4+. The molecule has 2 atom stereocenters. The Balaban J connectivity index is 2.62. The molecule has 1 amide bonds. The molecule has 2 rings (SSSR count). The van der Waals surface area contributed by atoms with Gasteiger partial charge in [0.05, 0.1) is 20.4 Å². The number of hydrogen-bond acceptors (Lipinski definition) is 5. The minimum Gasteiger partial charge on any atom is -0.480 e. The van der Waals surface area contributed by atoms with Crippen LogP contribution in [0.4, 0.5) is 10.5 Å². The number of carbonyl (C=O) groups is 2. The van der Waals surface area contributed by atoms with Crippen LogP contribution in [0.5, 0.6) is 5.75 Å². The number of methoxy groups -OCH3 is 1. The van der Waals surface area contributed by atoms with Crippen molar-refractivity contribution in [1.29, 1.82) is 0 Å². The lowest BCUT2D eigenvalue weighted by atomic mass is 10.1. The Bertz CT molecular complexity index is 517. The number of ether oxygens (including phenoxy) is 2. The van der Waals surface area contributed by atoms with E-state index in [9.17, 15) is 9.59 Å². The van der Waals surface area contributed by atoms with Gasteiger partial charge in [-0.3, -0.25) is 4.79 Å². The Kier molecular flexibility index (Phi) is 3.53. The third-order valence-electron chi connectivity index (χ3n) is 3.68. The predicted octanol–water partition coefficient (Wildman–Crippen LogP) is 1.77. The fraction of sp³-hybridized carbons (Fsp3) is 0.462. The van der Waals surface area contributed by atoms with Crippen LogP contribution >= 0.6 is 0 Å². The number of hydrogen-bond donors (Lipinski definition) is 0. The summed E-state index contributed by atoms with van der Waals surface area (Å²) in [6.45, 7) is 2.40. The van der Waals surface area contributed by atoms with Crippen molar-refractivity contribution in [3.8, 4) is 5.75 Å². The third-order valence-corrected chi connectivity index (χ3v) is 3.68.